The minimum atomic E-state index is -0.0826. The number of hydrogen-bond acceptors (Lipinski definition) is 4. The van der Waals surface area contributed by atoms with Crippen LogP contribution < -0.4 is 15.2 Å². The second-order valence-corrected chi connectivity index (χ2v) is 7.10. The first-order chi connectivity index (χ1) is 13.0. The van der Waals surface area contributed by atoms with E-state index in [2.05, 4.69) is 5.32 Å². The van der Waals surface area contributed by atoms with Crippen LogP contribution in [-0.2, 0) is 11.2 Å². The summed E-state index contributed by atoms with van der Waals surface area (Å²) in [5.41, 5.74) is 2.76. The van der Waals surface area contributed by atoms with Crippen LogP contribution in [0.15, 0.2) is 71.6 Å². The molecular weight excluding hydrogens is 380 g/mol. The number of nitrogens with one attached hydrogen (secondary N) is 1. The van der Waals surface area contributed by atoms with E-state index in [0.717, 1.165) is 23.1 Å². The molecule has 0 aliphatic rings. The zero-order valence-electron chi connectivity index (χ0n) is 14.7. The van der Waals surface area contributed by atoms with Crippen LogP contribution in [0.5, 0.6) is 11.5 Å². The van der Waals surface area contributed by atoms with Gasteiger partial charge in [0.15, 0.2) is 0 Å². The molecule has 3 N–H and O–H groups in total. The maximum atomic E-state index is 12.4. The zero-order valence-corrected chi connectivity index (χ0v) is 16.3. The molecular formula is C21H19ClN2O2S. The molecule has 0 radical (unpaired) electrons. The van der Waals surface area contributed by atoms with Crippen molar-refractivity contribution in [2.24, 2.45) is 5.14 Å². The summed E-state index contributed by atoms with van der Waals surface area (Å²) in [6.45, 7) is 1.99. The predicted molar refractivity (Wildman–Crippen MR) is 112 cm³/mol. The van der Waals surface area contributed by atoms with Gasteiger partial charge in [-0.05, 0) is 66.4 Å². The van der Waals surface area contributed by atoms with E-state index in [4.69, 9.17) is 21.5 Å². The van der Waals surface area contributed by atoms with Crippen molar-refractivity contribution in [1.82, 2.24) is 0 Å². The van der Waals surface area contributed by atoms with Gasteiger partial charge in [-0.25, -0.2) is 0 Å². The van der Waals surface area contributed by atoms with Crippen molar-refractivity contribution in [3.8, 4) is 11.5 Å². The van der Waals surface area contributed by atoms with Gasteiger partial charge in [-0.3, -0.25) is 9.93 Å². The van der Waals surface area contributed by atoms with Crippen molar-refractivity contribution >= 4 is 35.1 Å². The van der Waals surface area contributed by atoms with Gasteiger partial charge in [0.05, 0.1) is 11.3 Å². The van der Waals surface area contributed by atoms with Gasteiger partial charge in [0.1, 0.15) is 11.5 Å². The van der Waals surface area contributed by atoms with Crippen LogP contribution in [0, 0.1) is 6.92 Å². The van der Waals surface area contributed by atoms with Gasteiger partial charge in [-0.15, -0.1) is 0 Å². The van der Waals surface area contributed by atoms with Gasteiger partial charge in [-0.2, -0.15) is 0 Å². The average molecular weight is 399 g/mol. The van der Waals surface area contributed by atoms with E-state index in [1.54, 1.807) is 30.3 Å². The Morgan fingerprint density at radius 3 is 2.67 bits per heavy atom. The van der Waals surface area contributed by atoms with E-state index < -0.39 is 0 Å². The van der Waals surface area contributed by atoms with Crippen LogP contribution in [0.1, 0.15) is 11.1 Å². The highest BCUT2D eigenvalue weighted by atomic mass is 35.5. The first-order valence-electron chi connectivity index (χ1n) is 8.34. The van der Waals surface area contributed by atoms with E-state index in [-0.39, 0.29) is 5.91 Å². The molecule has 4 nitrogen and oxygen atoms in total. The van der Waals surface area contributed by atoms with E-state index in [0.29, 0.717) is 33.5 Å². The second kappa shape index (κ2) is 8.95. The summed E-state index contributed by atoms with van der Waals surface area (Å²) < 4.78 is 5.85. The van der Waals surface area contributed by atoms with Crippen molar-refractivity contribution in [2.75, 3.05) is 5.32 Å². The minimum absolute atomic E-state index is 0.0826. The van der Waals surface area contributed by atoms with Crippen LogP contribution >= 0.6 is 23.5 Å². The number of aryl methyl sites for hydroxylation is 1. The lowest BCUT2D eigenvalue weighted by Gasteiger charge is -2.12. The first-order valence-corrected chi connectivity index (χ1v) is 9.59. The first kappa shape index (κ1) is 19.3. The Hall–Kier alpha value is -2.47. The van der Waals surface area contributed by atoms with Crippen LogP contribution in [0.25, 0.3) is 0 Å². The van der Waals surface area contributed by atoms with Gasteiger partial charge in [0.2, 0.25) is 5.91 Å². The molecule has 0 heterocycles. The normalized spacial score (nSPS) is 10.5. The lowest BCUT2D eigenvalue weighted by atomic mass is 10.1. The van der Waals surface area contributed by atoms with Crippen molar-refractivity contribution in [3.05, 3.63) is 82.9 Å². The van der Waals surface area contributed by atoms with Crippen molar-refractivity contribution < 1.29 is 9.53 Å². The summed E-state index contributed by atoms with van der Waals surface area (Å²) in [6.07, 6.45) is 0.318. The van der Waals surface area contributed by atoms with Gasteiger partial charge in [0, 0.05) is 10.7 Å². The Morgan fingerprint density at radius 2 is 1.93 bits per heavy atom. The third-order valence-corrected chi connectivity index (χ3v) is 4.80. The highest BCUT2D eigenvalue weighted by Gasteiger charge is 2.10. The van der Waals surface area contributed by atoms with E-state index in [9.17, 15) is 4.79 Å². The molecule has 3 rings (SSSR count). The molecule has 0 saturated carbocycles. The third kappa shape index (κ3) is 5.26. The molecule has 0 spiro atoms. The Balaban J connectivity index is 1.72. The predicted octanol–water partition coefficient (Wildman–Crippen LogP) is 5.59. The van der Waals surface area contributed by atoms with E-state index in [1.807, 2.05) is 43.3 Å². The summed E-state index contributed by atoms with van der Waals surface area (Å²) in [6, 6.07) is 20.3. The van der Waals surface area contributed by atoms with Gasteiger partial charge < -0.3 is 10.1 Å². The Morgan fingerprint density at radius 1 is 1.11 bits per heavy atom. The number of amides is 1. The fourth-order valence-corrected chi connectivity index (χ4v) is 3.21. The van der Waals surface area contributed by atoms with Crippen molar-refractivity contribution in [1.29, 1.82) is 0 Å². The molecule has 6 heteroatoms. The number of hydrogen-bond donors (Lipinski definition) is 2. The fourth-order valence-electron chi connectivity index (χ4n) is 2.61. The summed E-state index contributed by atoms with van der Waals surface area (Å²) in [4.78, 5) is 13.1. The molecule has 0 bridgehead atoms. The molecule has 0 fully saturated rings. The Kier molecular flexibility index (Phi) is 6.40. The molecule has 0 aliphatic heterocycles. The topological polar surface area (TPSA) is 64.3 Å². The number of ether oxygens (including phenoxy) is 1. The Labute approximate surface area is 167 Å². The SMILES string of the molecule is Cc1ccccc1CC(=O)Nc1ccc(Oc2cccc(Cl)c2)c(SN)c1. The number of halogens is 1. The largest absolute Gasteiger partial charge is 0.456 e. The summed E-state index contributed by atoms with van der Waals surface area (Å²) in [7, 11) is 0. The molecule has 0 aromatic heterocycles. The zero-order chi connectivity index (χ0) is 19.2. The monoisotopic (exact) mass is 398 g/mol. The van der Waals surface area contributed by atoms with E-state index in [1.165, 1.54) is 0 Å². The quantitative estimate of drug-likeness (QED) is 0.531. The number of nitrogens with two attached hydrogens (primary N) is 1. The number of rotatable bonds is 6. The van der Waals surface area contributed by atoms with Crippen LogP contribution in [0.2, 0.25) is 5.02 Å². The van der Waals surface area contributed by atoms with Crippen molar-refractivity contribution in [3.63, 3.8) is 0 Å². The molecule has 3 aromatic rings. The smallest absolute Gasteiger partial charge is 0.228 e. The molecule has 0 unspecified atom stereocenters. The second-order valence-electron chi connectivity index (χ2n) is 5.99. The number of benzene rings is 3. The minimum Gasteiger partial charge on any atom is -0.456 e. The molecule has 1 amide bonds. The lowest BCUT2D eigenvalue weighted by Crippen LogP contribution is -2.15. The maximum absolute atomic E-state index is 12.4. The van der Waals surface area contributed by atoms with Gasteiger partial charge in [-0.1, -0.05) is 41.9 Å². The highest BCUT2D eigenvalue weighted by molar-refractivity contribution is 7.97. The van der Waals surface area contributed by atoms with Crippen LogP contribution in [-0.4, -0.2) is 5.91 Å². The molecule has 0 saturated heterocycles. The number of anilines is 1. The average Bonchev–Trinajstić information content (AvgIpc) is 2.65. The molecule has 138 valence electrons. The summed E-state index contributed by atoms with van der Waals surface area (Å²) >= 11 is 7.04. The highest BCUT2D eigenvalue weighted by Crippen LogP contribution is 2.33. The third-order valence-electron chi connectivity index (χ3n) is 3.99. The lowest BCUT2D eigenvalue weighted by molar-refractivity contribution is -0.115. The number of carbonyl (C=O) groups excluding carboxylic acids is 1. The molecule has 0 aliphatic carbocycles. The maximum Gasteiger partial charge on any atom is 0.228 e. The standard InChI is InChI=1S/C21H19ClN2O2S/c1-14-5-2-3-6-15(14)11-21(25)24-17-9-10-19(20(13-17)27-23)26-18-8-4-7-16(22)12-18/h2-10,12-13H,11,23H2,1H3,(H,24,25). The van der Waals surface area contributed by atoms with Crippen LogP contribution in [0.3, 0.4) is 0 Å². The van der Waals surface area contributed by atoms with Gasteiger partial charge in [0.25, 0.3) is 0 Å². The van der Waals surface area contributed by atoms with E-state index >= 15 is 0 Å². The molecule has 27 heavy (non-hydrogen) atoms. The molecule has 3 aromatic carbocycles. The number of carbonyl (C=O) groups is 1. The Bertz CT molecular complexity index is 962. The van der Waals surface area contributed by atoms with Crippen molar-refractivity contribution in [2.45, 2.75) is 18.2 Å². The van der Waals surface area contributed by atoms with Crippen LogP contribution in [0.4, 0.5) is 5.69 Å². The molecule has 0 atom stereocenters. The summed E-state index contributed by atoms with van der Waals surface area (Å²) in [5, 5.41) is 9.28. The summed E-state index contributed by atoms with van der Waals surface area (Å²) in [5.74, 6) is 1.14. The fraction of sp³-hybridized carbons (Fsp3) is 0.0952. The van der Waals surface area contributed by atoms with Gasteiger partial charge >= 0.3 is 0 Å².